The summed E-state index contributed by atoms with van der Waals surface area (Å²) in [5, 5.41) is 5.00. The molecule has 90 valence electrons. The van der Waals surface area contributed by atoms with E-state index in [1.165, 1.54) is 0 Å². The van der Waals surface area contributed by atoms with Crippen LogP contribution in [0.15, 0.2) is 12.2 Å². The number of nitrogens with one attached hydrogen (secondary N) is 2. The van der Waals surface area contributed by atoms with Gasteiger partial charge in [-0.3, -0.25) is 4.79 Å². The zero-order chi connectivity index (χ0) is 12.5. The van der Waals surface area contributed by atoms with Gasteiger partial charge in [0.15, 0.2) is 0 Å². The molecule has 4 N–H and O–H groups in total. The number of aldehydes is 1. The second-order valence-corrected chi connectivity index (χ2v) is 2.34. The van der Waals surface area contributed by atoms with Gasteiger partial charge >= 0.3 is 0 Å². The Bertz CT molecular complexity index is 155. The van der Waals surface area contributed by atoms with Crippen molar-refractivity contribution in [1.29, 1.82) is 0 Å². The number of rotatable bonds is 3. The van der Waals surface area contributed by atoms with Crippen LogP contribution >= 0.6 is 0 Å². The van der Waals surface area contributed by atoms with Crippen LogP contribution in [0.2, 0.25) is 0 Å². The van der Waals surface area contributed by atoms with Crippen LogP contribution in [0.3, 0.4) is 0 Å². The van der Waals surface area contributed by atoms with Gasteiger partial charge in [-0.15, -0.1) is 0 Å². The van der Waals surface area contributed by atoms with Crippen LogP contribution in [0.1, 0.15) is 13.8 Å². The van der Waals surface area contributed by atoms with Gasteiger partial charge in [0, 0.05) is 0 Å². The molecule has 0 aliphatic carbocycles. The van der Waals surface area contributed by atoms with E-state index in [1.54, 1.807) is 0 Å². The van der Waals surface area contributed by atoms with Gasteiger partial charge < -0.3 is 21.2 Å². The van der Waals surface area contributed by atoms with Gasteiger partial charge in [0.25, 0.3) is 0 Å². The quantitative estimate of drug-likeness (QED) is 0.447. The monoisotopic (exact) mass is 217 g/mol. The number of amides is 1. The lowest BCUT2D eigenvalue weighted by Gasteiger charge is -1.93. The van der Waals surface area contributed by atoms with E-state index in [4.69, 9.17) is 5.73 Å². The molecule has 0 aromatic rings. The molecule has 1 amide bonds. The van der Waals surface area contributed by atoms with Gasteiger partial charge in [0.2, 0.25) is 5.91 Å². The molecule has 0 spiro atoms. The van der Waals surface area contributed by atoms with Crippen molar-refractivity contribution < 1.29 is 9.59 Å². The summed E-state index contributed by atoms with van der Waals surface area (Å²) in [7, 11) is 3.75. The highest BCUT2D eigenvalue weighted by Gasteiger charge is 1.91. The van der Waals surface area contributed by atoms with Crippen molar-refractivity contribution in [3.63, 3.8) is 0 Å². The number of carbonyl (C=O) groups excluding carboxylic acids is 2. The van der Waals surface area contributed by atoms with Crippen LogP contribution in [-0.4, -0.2) is 39.4 Å². The lowest BCUT2D eigenvalue weighted by molar-refractivity contribution is -0.121. The molecule has 0 heterocycles. The van der Waals surface area contributed by atoms with Gasteiger partial charge in [0.05, 0.1) is 13.1 Å². The molecule has 5 heteroatoms. The maximum atomic E-state index is 10.2. The summed E-state index contributed by atoms with van der Waals surface area (Å²) >= 11 is 0. The van der Waals surface area contributed by atoms with Gasteiger partial charge in [-0.05, 0) is 27.9 Å². The summed E-state index contributed by atoms with van der Waals surface area (Å²) in [6.07, 6.45) is 4.60. The zero-order valence-corrected chi connectivity index (χ0v) is 10.0. The molecule has 0 aliphatic heterocycles. The number of hydrogen-bond donors (Lipinski definition) is 3. The van der Waals surface area contributed by atoms with Crippen molar-refractivity contribution in [2.45, 2.75) is 13.8 Å². The summed E-state index contributed by atoms with van der Waals surface area (Å²) in [5.41, 5.74) is 4.88. The molecule has 0 rings (SSSR count). The Kier molecular flexibility index (Phi) is 29.7. The van der Waals surface area contributed by atoms with Crippen LogP contribution in [0.5, 0.6) is 0 Å². The fraction of sp³-hybridized carbons (Fsp3) is 0.600. The van der Waals surface area contributed by atoms with Crippen molar-refractivity contribution in [2.75, 3.05) is 27.2 Å². The first-order chi connectivity index (χ1) is 7.14. The van der Waals surface area contributed by atoms with Crippen molar-refractivity contribution in [3.05, 3.63) is 12.2 Å². The van der Waals surface area contributed by atoms with E-state index in [9.17, 15) is 9.59 Å². The fourth-order valence-electron chi connectivity index (χ4n) is 0.228. The lowest BCUT2D eigenvalue weighted by atomic mass is 10.6. The highest BCUT2D eigenvalue weighted by Crippen LogP contribution is 1.57. The molecule has 5 nitrogen and oxygen atoms in total. The van der Waals surface area contributed by atoms with Crippen molar-refractivity contribution in [2.24, 2.45) is 5.73 Å². The van der Waals surface area contributed by atoms with Crippen LogP contribution < -0.4 is 16.4 Å². The van der Waals surface area contributed by atoms with Crippen molar-refractivity contribution in [3.8, 4) is 0 Å². The average Bonchev–Trinajstić information content (AvgIpc) is 2.27. The molecule has 0 saturated carbocycles. The van der Waals surface area contributed by atoms with Crippen molar-refractivity contribution >= 4 is 12.2 Å². The maximum Gasteiger partial charge on any atom is 0.234 e. The largest absolute Gasteiger partial charge is 0.348 e. The van der Waals surface area contributed by atoms with Crippen molar-refractivity contribution in [1.82, 2.24) is 10.6 Å². The third kappa shape index (κ3) is 44.4. The Morgan fingerprint density at radius 1 is 1.27 bits per heavy atom. The first kappa shape index (κ1) is 19.4. The number of allylic oxidation sites excluding steroid dienone is 2. The molecule has 0 aromatic carbocycles. The van der Waals surface area contributed by atoms with E-state index >= 15 is 0 Å². The molecule has 0 radical (unpaired) electrons. The fourth-order valence-corrected chi connectivity index (χ4v) is 0.228. The molecule has 0 aliphatic rings. The third-order valence-corrected chi connectivity index (χ3v) is 0.901. The van der Waals surface area contributed by atoms with Crippen LogP contribution in [-0.2, 0) is 9.59 Å². The van der Waals surface area contributed by atoms with Crippen LogP contribution in [0.4, 0.5) is 0 Å². The van der Waals surface area contributed by atoms with E-state index in [2.05, 4.69) is 10.6 Å². The molecule has 15 heavy (non-hydrogen) atoms. The van der Waals surface area contributed by atoms with E-state index in [0.29, 0.717) is 6.29 Å². The molecule has 0 atom stereocenters. The minimum atomic E-state index is -0.308. The maximum absolute atomic E-state index is 10.2. The standard InChI is InChI=1S/C4H8N2O2.C4H8.C2H7N/c5-3-4(8)6-1-2-7;1-3-4-2;1-3-2/h2H,1,3,5H2,(H,6,8);3-4H,1-2H3;3H,1-2H3/b;4-3+;. The van der Waals surface area contributed by atoms with Gasteiger partial charge in [-0.1, -0.05) is 12.2 Å². The average molecular weight is 217 g/mol. The van der Waals surface area contributed by atoms with Gasteiger partial charge in [-0.2, -0.15) is 0 Å². The lowest BCUT2D eigenvalue weighted by Crippen LogP contribution is -2.31. The smallest absolute Gasteiger partial charge is 0.234 e. The topological polar surface area (TPSA) is 84.2 Å². The van der Waals surface area contributed by atoms with E-state index < -0.39 is 0 Å². The highest BCUT2D eigenvalue weighted by molar-refractivity contribution is 5.79. The predicted octanol–water partition coefficient (Wildman–Crippen LogP) is -0.322. The normalized spacial score (nSPS) is 8.07. The zero-order valence-electron chi connectivity index (χ0n) is 10.0. The first-order valence-corrected chi connectivity index (χ1v) is 4.70. The predicted molar refractivity (Wildman–Crippen MR) is 63.6 cm³/mol. The number of hydrogen-bond acceptors (Lipinski definition) is 4. The number of nitrogens with two attached hydrogens (primary N) is 1. The Balaban J connectivity index is -0.000000173. The first-order valence-electron chi connectivity index (χ1n) is 4.70. The highest BCUT2D eigenvalue weighted by atomic mass is 16.2. The summed E-state index contributed by atoms with van der Waals surface area (Å²) in [6.45, 7) is 3.99. The second-order valence-electron chi connectivity index (χ2n) is 2.34. The van der Waals surface area contributed by atoms with E-state index in [-0.39, 0.29) is 19.0 Å². The second kappa shape index (κ2) is 23.0. The molecule has 0 fully saturated rings. The minimum Gasteiger partial charge on any atom is -0.348 e. The molecule has 0 aromatic heterocycles. The Morgan fingerprint density at radius 3 is 1.87 bits per heavy atom. The summed E-state index contributed by atoms with van der Waals surface area (Å²) in [6, 6.07) is 0. The Hall–Kier alpha value is -1.20. The summed E-state index contributed by atoms with van der Waals surface area (Å²) in [4.78, 5) is 19.7. The SMILES string of the molecule is C/C=C/C.CNC.NCC(=O)NCC=O. The molecular formula is C10H23N3O2. The molecule has 0 unspecified atom stereocenters. The summed E-state index contributed by atoms with van der Waals surface area (Å²) in [5.74, 6) is -0.308. The Morgan fingerprint density at radius 2 is 1.67 bits per heavy atom. The summed E-state index contributed by atoms with van der Waals surface area (Å²) < 4.78 is 0. The number of carbonyl (C=O) groups is 2. The van der Waals surface area contributed by atoms with E-state index in [0.717, 1.165) is 0 Å². The molecule has 0 saturated heterocycles. The molecular weight excluding hydrogens is 194 g/mol. The van der Waals surface area contributed by atoms with Crippen LogP contribution in [0, 0.1) is 0 Å². The Labute approximate surface area is 92.1 Å². The van der Waals surface area contributed by atoms with Gasteiger partial charge in [0.1, 0.15) is 6.29 Å². The third-order valence-electron chi connectivity index (χ3n) is 0.901. The molecule has 0 bridgehead atoms. The minimum absolute atomic E-state index is 0.0516. The van der Waals surface area contributed by atoms with Gasteiger partial charge in [-0.25, -0.2) is 0 Å². The van der Waals surface area contributed by atoms with Crippen LogP contribution in [0.25, 0.3) is 0 Å². The van der Waals surface area contributed by atoms with E-state index in [1.807, 2.05) is 40.1 Å².